The number of hydrogen-bond donors (Lipinski definition) is 9. The van der Waals surface area contributed by atoms with Crippen molar-refractivity contribution in [2.45, 2.75) is 209 Å². The average Bonchev–Trinajstić information content (AvgIpc) is 3.23. The third kappa shape index (κ3) is 21.1. The molecule has 0 radical (unpaired) electrons. The van der Waals surface area contributed by atoms with Crippen molar-refractivity contribution in [1.82, 2.24) is 5.32 Å². The number of aliphatic hydroxyl groups is 8. The Bertz CT molecular complexity index is 1180. The maximum Gasteiger partial charge on any atom is 0.220 e. The second kappa shape index (κ2) is 32.6. The molecule has 1 amide bonds. The summed E-state index contributed by atoms with van der Waals surface area (Å²) >= 11 is 0. The number of amides is 1. The Morgan fingerprint density at radius 1 is 0.593 bits per heavy atom. The van der Waals surface area contributed by atoms with Crippen molar-refractivity contribution in [1.29, 1.82) is 0 Å². The van der Waals surface area contributed by atoms with Crippen LogP contribution in [0.3, 0.4) is 0 Å². The van der Waals surface area contributed by atoms with Crippen LogP contribution in [0.5, 0.6) is 0 Å². The largest absolute Gasteiger partial charge is 0.394 e. The summed E-state index contributed by atoms with van der Waals surface area (Å²) in [6.07, 6.45) is 18.8. The molecule has 2 aliphatic heterocycles. The normalized spacial score (nSPS) is 29.0. The number of carbonyl (C=O) groups is 1. The lowest BCUT2D eigenvalue weighted by atomic mass is 9.97. The van der Waals surface area contributed by atoms with Crippen molar-refractivity contribution in [2.75, 3.05) is 19.8 Å². The van der Waals surface area contributed by atoms with Crippen molar-refractivity contribution in [3.8, 4) is 0 Å². The molecule has 0 aromatic heterocycles. The summed E-state index contributed by atoms with van der Waals surface area (Å²) in [5.41, 5.74) is 0. The molecule has 0 aromatic rings. The van der Waals surface area contributed by atoms with E-state index in [-0.39, 0.29) is 18.9 Å². The van der Waals surface area contributed by atoms with Crippen LogP contribution in [-0.4, -0.2) is 140 Å². The first-order chi connectivity index (χ1) is 28.6. The van der Waals surface area contributed by atoms with Gasteiger partial charge in [-0.3, -0.25) is 4.79 Å². The highest BCUT2D eigenvalue weighted by molar-refractivity contribution is 5.76. The van der Waals surface area contributed by atoms with Gasteiger partial charge in [0.25, 0.3) is 0 Å². The number of ether oxygens (including phenoxy) is 4. The predicted octanol–water partition coefficient (Wildman–Crippen LogP) is 4.15. The molecule has 2 heterocycles. The van der Waals surface area contributed by atoms with Crippen LogP contribution in [0, 0.1) is 0 Å². The van der Waals surface area contributed by atoms with Gasteiger partial charge in [-0.15, -0.1) is 0 Å². The standard InChI is InChI=1S/C45H79NO13/c1-3-5-7-9-11-13-15-16-17-18-19-20-22-24-26-28-34(49)33(46-37(50)29-27-25-23-21-14-12-10-8-6-4-2)32-56-44-42(55)40(53)43(36(31-48)58-44)59-45-41(54)39(52)38(51)35(30-47)57-45/h8,10,15-16,19-20,26,28,33-36,38-45,47-49,51-55H,3-7,9,11-14,17-18,21-25,27,29-32H2,1-2H3,(H,46,50)/b10-8-,16-15+,20-19+,28-26+. The molecule has 2 rings (SSSR count). The van der Waals surface area contributed by atoms with Crippen LogP contribution in [0.1, 0.15) is 136 Å². The third-order valence-electron chi connectivity index (χ3n) is 10.7. The van der Waals surface area contributed by atoms with Gasteiger partial charge in [0.1, 0.15) is 48.8 Å². The van der Waals surface area contributed by atoms with Gasteiger partial charge in [-0.25, -0.2) is 0 Å². The van der Waals surface area contributed by atoms with E-state index in [1.165, 1.54) is 32.1 Å². The van der Waals surface area contributed by atoms with Gasteiger partial charge in [0, 0.05) is 6.42 Å². The van der Waals surface area contributed by atoms with Gasteiger partial charge >= 0.3 is 0 Å². The average molecular weight is 842 g/mol. The van der Waals surface area contributed by atoms with E-state index in [1.54, 1.807) is 6.08 Å². The van der Waals surface area contributed by atoms with E-state index < -0.39 is 86.8 Å². The molecule has 0 aliphatic carbocycles. The predicted molar refractivity (Wildman–Crippen MR) is 226 cm³/mol. The Labute approximate surface area is 353 Å². The van der Waals surface area contributed by atoms with Gasteiger partial charge in [-0.05, 0) is 64.2 Å². The fourth-order valence-corrected chi connectivity index (χ4v) is 6.97. The summed E-state index contributed by atoms with van der Waals surface area (Å²) < 4.78 is 22.6. The van der Waals surface area contributed by atoms with Gasteiger partial charge in [-0.2, -0.15) is 0 Å². The van der Waals surface area contributed by atoms with Gasteiger partial charge in [0.15, 0.2) is 12.6 Å². The molecule has 2 fully saturated rings. The molecule has 12 unspecified atom stereocenters. The van der Waals surface area contributed by atoms with E-state index in [0.717, 1.165) is 70.6 Å². The van der Waals surface area contributed by atoms with Crippen molar-refractivity contribution in [3.05, 3.63) is 48.6 Å². The minimum absolute atomic E-state index is 0.257. The Balaban J connectivity index is 1.94. The van der Waals surface area contributed by atoms with Crippen LogP contribution >= 0.6 is 0 Å². The molecule has 0 aromatic carbocycles. The number of rotatable bonds is 32. The van der Waals surface area contributed by atoms with Gasteiger partial charge in [-0.1, -0.05) is 114 Å². The van der Waals surface area contributed by atoms with E-state index in [2.05, 4.69) is 55.6 Å². The Morgan fingerprint density at radius 3 is 1.73 bits per heavy atom. The number of hydrogen-bond acceptors (Lipinski definition) is 13. The molecule has 14 nitrogen and oxygen atoms in total. The van der Waals surface area contributed by atoms with Crippen LogP contribution in [0.4, 0.5) is 0 Å². The van der Waals surface area contributed by atoms with Crippen LogP contribution in [-0.2, 0) is 23.7 Å². The van der Waals surface area contributed by atoms with Crippen molar-refractivity contribution < 1.29 is 64.6 Å². The SMILES string of the molecule is CCC/C=C\CCCCCCCC(=O)NC(COC1OC(CO)C(OC2OC(CO)C(O)C(O)C2O)C(O)C1O)C(O)/C=C/CC/C=C/CC/C=C/CCCCCCC. The number of nitrogens with one attached hydrogen (secondary N) is 1. The van der Waals surface area contributed by atoms with Crippen LogP contribution < -0.4 is 5.32 Å². The molecule has 0 bridgehead atoms. The number of unbranched alkanes of at least 4 members (excludes halogenated alkanes) is 13. The zero-order chi connectivity index (χ0) is 43.3. The maximum atomic E-state index is 13.0. The quantitative estimate of drug-likeness (QED) is 0.0343. The summed E-state index contributed by atoms with van der Waals surface area (Å²) in [5, 5.41) is 86.3. The van der Waals surface area contributed by atoms with Crippen molar-refractivity contribution >= 4 is 5.91 Å². The molecule has 0 spiro atoms. The molecular formula is C45H79NO13. The number of allylic oxidation sites excluding steroid dienone is 7. The molecular weight excluding hydrogens is 762 g/mol. The second-order valence-electron chi connectivity index (χ2n) is 15.8. The Hall–Kier alpha value is -2.05. The van der Waals surface area contributed by atoms with Gasteiger partial charge in [0.05, 0.1) is 32.0 Å². The highest BCUT2D eigenvalue weighted by Gasteiger charge is 2.50. The van der Waals surface area contributed by atoms with Crippen LogP contribution in [0.2, 0.25) is 0 Å². The zero-order valence-corrected chi connectivity index (χ0v) is 35.7. The van der Waals surface area contributed by atoms with Crippen LogP contribution in [0.25, 0.3) is 0 Å². The first-order valence-electron chi connectivity index (χ1n) is 22.4. The second-order valence-corrected chi connectivity index (χ2v) is 15.8. The van der Waals surface area contributed by atoms with Crippen LogP contribution in [0.15, 0.2) is 48.6 Å². The molecule has 2 saturated heterocycles. The highest BCUT2D eigenvalue weighted by atomic mass is 16.7. The first kappa shape index (κ1) is 53.1. The number of carbonyl (C=O) groups excluding carboxylic acids is 1. The lowest BCUT2D eigenvalue weighted by Crippen LogP contribution is -2.65. The van der Waals surface area contributed by atoms with E-state index >= 15 is 0 Å². The summed E-state index contributed by atoms with van der Waals surface area (Å²) in [6, 6.07) is -0.939. The fraction of sp³-hybridized carbons (Fsp3) is 0.800. The summed E-state index contributed by atoms with van der Waals surface area (Å²) in [7, 11) is 0. The zero-order valence-electron chi connectivity index (χ0n) is 35.7. The summed E-state index contributed by atoms with van der Waals surface area (Å²) in [5.74, 6) is -0.270. The van der Waals surface area contributed by atoms with E-state index in [4.69, 9.17) is 18.9 Å². The third-order valence-corrected chi connectivity index (χ3v) is 10.7. The van der Waals surface area contributed by atoms with E-state index in [1.807, 2.05) is 6.08 Å². The Morgan fingerprint density at radius 2 is 1.12 bits per heavy atom. The Kier molecular flexibility index (Phi) is 29.4. The van der Waals surface area contributed by atoms with Gasteiger partial charge in [0.2, 0.25) is 5.91 Å². The molecule has 12 atom stereocenters. The first-order valence-corrected chi connectivity index (χ1v) is 22.4. The lowest BCUT2D eigenvalue weighted by molar-refractivity contribution is -0.359. The minimum Gasteiger partial charge on any atom is -0.394 e. The highest BCUT2D eigenvalue weighted by Crippen LogP contribution is 2.30. The molecule has 342 valence electrons. The molecule has 2 aliphatic rings. The minimum atomic E-state index is -1.79. The topological polar surface area (TPSA) is 228 Å². The summed E-state index contributed by atoms with van der Waals surface area (Å²) in [6.45, 7) is 2.63. The van der Waals surface area contributed by atoms with Gasteiger partial charge < -0.3 is 65.1 Å². The molecule has 14 heteroatoms. The number of aliphatic hydroxyl groups excluding tert-OH is 8. The van der Waals surface area contributed by atoms with Crippen molar-refractivity contribution in [2.24, 2.45) is 0 Å². The molecule has 59 heavy (non-hydrogen) atoms. The fourth-order valence-electron chi connectivity index (χ4n) is 6.97. The lowest BCUT2D eigenvalue weighted by Gasteiger charge is -2.46. The maximum absolute atomic E-state index is 13.0. The van der Waals surface area contributed by atoms with E-state index in [9.17, 15) is 45.6 Å². The van der Waals surface area contributed by atoms with E-state index in [0.29, 0.717) is 12.8 Å². The smallest absolute Gasteiger partial charge is 0.220 e. The molecule has 9 N–H and O–H groups in total. The monoisotopic (exact) mass is 842 g/mol. The van der Waals surface area contributed by atoms with Crippen molar-refractivity contribution in [3.63, 3.8) is 0 Å². The molecule has 0 saturated carbocycles. The summed E-state index contributed by atoms with van der Waals surface area (Å²) in [4.78, 5) is 13.0.